The molecule has 0 amide bonds. The third-order valence-electron chi connectivity index (χ3n) is 2.68. The zero-order chi connectivity index (χ0) is 14.6. The van der Waals surface area contributed by atoms with Gasteiger partial charge in [-0.05, 0) is 37.1 Å². The first-order valence-electron chi connectivity index (χ1n) is 5.71. The van der Waals surface area contributed by atoms with Crippen molar-refractivity contribution in [2.75, 3.05) is 7.11 Å². The lowest BCUT2D eigenvalue weighted by atomic mass is 10.2. The number of ether oxygens (including phenoxy) is 1. The van der Waals surface area contributed by atoms with Gasteiger partial charge >= 0.3 is 5.97 Å². The molecule has 0 radical (unpaired) electrons. The quantitative estimate of drug-likeness (QED) is 0.818. The average molecular weight is 287 g/mol. The predicted molar refractivity (Wildman–Crippen MR) is 69.8 cm³/mol. The van der Waals surface area contributed by atoms with E-state index in [1.54, 1.807) is 13.8 Å². The van der Waals surface area contributed by atoms with E-state index in [-0.39, 0.29) is 11.3 Å². The molecular formula is C12H17NO5S. The molecule has 0 saturated heterocycles. The molecule has 0 saturated carbocycles. The van der Waals surface area contributed by atoms with Crippen molar-refractivity contribution in [3.05, 3.63) is 23.8 Å². The Kier molecular flexibility index (Phi) is 4.90. The minimum atomic E-state index is -3.85. The van der Waals surface area contributed by atoms with Crippen molar-refractivity contribution >= 4 is 16.0 Å². The van der Waals surface area contributed by atoms with Crippen LogP contribution in [0.4, 0.5) is 0 Å². The largest absolute Gasteiger partial charge is 0.496 e. The van der Waals surface area contributed by atoms with Crippen LogP contribution in [-0.4, -0.2) is 32.6 Å². The minimum absolute atomic E-state index is 0.0190. The van der Waals surface area contributed by atoms with Gasteiger partial charge in [0.05, 0.1) is 12.0 Å². The fraction of sp³-hybridized carbons (Fsp3) is 0.417. The minimum Gasteiger partial charge on any atom is -0.496 e. The zero-order valence-corrected chi connectivity index (χ0v) is 11.8. The molecule has 0 heterocycles. The number of sulfonamides is 1. The Hall–Kier alpha value is -1.60. The van der Waals surface area contributed by atoms with Gasteiger partial charge in [-0.3, -0.25) is 4.79 Å². The summed E-state index contributed by atoms with van der Waals surface area (Å²) in [6.45, 7) is 3.31. The number of nitrogens with one attached hydrogen (secondary N) is 1. The Morgan fingerprint density at radius 1 is 1.47 bits per heavy atom. The summed E-state index contributed by atoms with van der Waals surface area (Å²) in [4.78, 5) is 10.9. The van der Waals surface area contributed by atoms with Crippen LogP contribution in [0.25, 0.3) is 0 Å². The molecule has 2 N–H and O–H groups in total. The summed E-state index contributed by atoms with van der Waals surface area (Å²) < 4.78 is 31.3. The van der Waals surface area contributed by atoms with Crippen LogP contribution < -0.4 is 9.46 Å². The fourth-order valence-corrected chi connectivity index (χ4v) is 2.94. The molecule has 1 rings (SSSR count). The van der Waals surface area contributed by atoms with E-state index in [0.29, 0.717) is 11.3 Å². The summed E-state index contributed by atoms with van der Waals surface area (Å²) in [5.41, 5.74) is 0.661. The number of aliphatic carboxylic acids is 1. The fourth-order valence-electron chi connectivity index (χ4n) is 1.58. The number of methoxy groups -OCH3 is 1. The highest BCUT2D eigenvalue weighted by molar-refractivity contribution is 7.89. The molecular weight excluding hydrogens is 270 g/mol. The number of carboxylic acid groups (broad SMARTS) is 1. The summed E-state index contributed by atoms with van der Waals surface area (Å²) in [6, 6.07) is 3.22. The molecule has 0 bridgehead atoms. The maximum atomic E-state index is 12.0. The molecule has 106 valence electrons. The second-order valence-electron chi connectivity index (χ2n) is 4.05. The summed E-state index contributed by atoms with van der Waals surface area (Å²) in [7, 11) is -2.36. The standard InChI is InChI=1S/C12H17NO5S/c1-4-10(12(14)15)13-19(16,17)9-5-6-11(18-3)8(2)7-9/h5-7,10,13H,4H2,1-3H3,(H,14,15)/t10-/m0/s1. The van der Waals surface area contributed by atoms with Crippen LogP contribution in [0.5, 0.6) is 5.75 Å². The van der Waals surface area contributed by atoms with Gasteiger partial charge in [-0.1, -0.05) is 6.92 Å². The molecule has 0 spiro atoms. The Morgan fingerprint density at radius 2 is 2.11 bits per heavy atom. The number of benzene rings is 1. The van der Waals surface area contributed by atoms with Crippen molar-refractivity contribution in [3.63, 3.8) is 0 Å². The Morgan fingerprint density at radius 3 is 2.53 bits per heavy atom. The molecule has 0 aliphatic rings. The molecule has 1 aromatic rings. The molecule has 0 aliphatic heterocycles. The van der Waals surface area contributed by atoms with Gasteiger partial charge in [0, 0.05) is 0 Å². The first kappa shape index (κ1) is 15.5. The maximum Gasteiger partial charge on any atom is 0.321 e. The highest BCUT2D eigenvalue weighted by atomic mass is 32.2. The molecule has 6 nitrogen and oxygen atoms in total. The number of hydrogen-bond donors (Lipinski definition) is 2. The lowest BCUT2D eigenvalue weighted by Crippen LogP contribution is -2.40. The SMILES string of the molecule is CC[C@H](NS(=O)(=O)c1ccc(OC)c(C)c1)C(=O)O. The third-order valence-corrected chi connectivity index (χ3v) is 4.15. The van der Waals surface area contributed by atoms with Crippen LogP contribution in [0, 0.1) is 6.92 Å². The van der Waals surface area contributed by atoms with E-state index in [1.165, 1.54) is 25.3 Å². The summed E-state index contributed by atoms with van der Waals surface area (Å²) in [6.07, 6.45) is 0.170. The zero-order valence-electron chi connectivity index (χ0n) is 11.0. The van der Waals surface area contributed by atoms with Gasteiger partial charge in [-0.2, -0.15) is 4.72 Å². The van der Waals surface area contributed by atoms with Crippen LogP contribution >= 0.6 is 0 Å². The van der Waals surface area contributed by atoms with Crippen molar-refractivity contribution in [3.8, 4) is 5.75 Å². The molecule has 0 unspecified atom stereocenters. The Balaban J connectivity index is 3.07. The van der Waals surface area contributed by atoms with E-state index in [2.05, 4.69) is 4.72 Å². The van der Waals surface area contributed by atoms with Gasteiger partial charge in [0.1, 0.15) is 11.8 Å². The number of hydrogen-bond acceptors (Lipinski definition) is 4. The molecule has 0 aliphatic carbocycles. The number of carbonyl (C=O) groups is 1. The van der Waals surface area contributed by atoms with Crippen molar-refractivity contribution in [2.24, 2.45) is 0 Å². The normalized spacial score (nSPS) is 13.0. The molecule has 0 fully saturated rings. The molecule has 7 heteroatoms. The average Bonchev–Trinajstić information content (AvgIpc) is 2.35. The lowest BCUT2D eigenvalue weighted by molar-refractivity contribution is -0.139. The van der Waals surface area contributed by atoms with Gasteiger partial charge in [0.2, 0.25) is 10.0 Å². The van der Waals surface area contributed by atoms with Crippen molar-refractivity contribution in [2.45, 2.75) is 31.2 Å². The Labute approximate surface area is 112 Å². The molecule has 0 aromatic heterocycles. The summed E-state index contributed by atoms with van der Waals surface area (Å²) >= 11 is 0. The molecule has 1 atom stereocenters. The van der Waals surface area contributed by atoms with Crippen LogP contribution in [0.1, 0.15) is 18.9 Å². The van der Waals surface area contributed by atoms with Crippen LogP contribution in [0.15, 0.2) is 23.1 Å². The number of aryl methyl sites for hydroxylation is 1. The third kappa shape index (κ3) is 3.68. The first-order valence-corrected chi connectivity index (χ1v) is 7.20. The van der Waals surface area contributed by atoms with Gasteiger partial charge < -0.3 is 9.84 Å². The van der Waals surface area contributed by atoms with Gasteiger partial charge in [-0.15, -0.1) is 0 Å². The number of carboxylic acids is 1. The van der Waals surface area contributed by atoms with Crippen molar-refractivity contribution in [1.82, 2.24) is 4.72 Å². The van der Waals surface area contributed by atoms with E-state index in [4.69, 9.17) is 9.84 Å². The summed E-state index contributed by atoms with van der Waals surface area (Å²) in [5, 5.41) is 8.87. The maximum absolute atomic E-state index is 12.0. The smallest absolute Gasteiger partial charge is 0.321 e. The predicted octanol–water partition coefficient (Wildman–Crippen LogP) is 1.15. The van der Waals surface area contributed by atoms with E-state index in [1.807, 2.05) is 0 Å². The highest BCUT2D eigenvalue weighted by Gasteiger charge is 2.24. The van der Waals surface area contributed by atoms with Crippen LogP contribution in [0.3, 0.4) is 0 Å². The van der Waals surface area contributed by atoms with Crippen molar-refractivity contribution < 1.29 is 23.1 Å². The topological polar surface area (TPSA) is 92.7 Å². The monoisotopic (exact) mass is 287 g/mol. The van der Waals surface area contributed by atoms with E-state index >= 15 is 0 Å². The second kappa shape index (κ2) is 6.03. The van der Waals surface area contributed by atoms with Crippen molar-refractivity contribution in [1.29, 1.82) is 0 Å². The lowest BCUT2D eigenvalue weighted by Gasteiger charge is -2.13. The van der Waals surface area contributed by atoms with E-state index in [9.17, 15) is 13.2 Å². The Bertz CT molecular complexity index is 567. The second-order valence-corrected chi connectivity index (χ2v) is 5.77. The first-order chi connectivity index (χ1) is 8.81. The van der Waals surface area contributed by atoms with Crippen LogP contribution in [-0.2, 0) is 14.8 Å². The van der Waals surface area contributed by atoms with Crippen LogP contribution in [0.2, 0.25) is 0 Å². The molecule has 19 heavy (non-hydrogen) atoms. The number of rotatable bonds is 6. The van der Waals surface area contributed by atoms with E-state index < -0.39 is 22.0 Å². The van der Waals surface area contributed by atoms with E-state index in [0.717, 1.165) is 0 Å². The summed E-state index contributed by atoms with van der Waals surface area (Å²) in [5.74, 6) is -0.625. The highest BCUT2D eigenvalue weighted by Crippen LogP contribution is 2.21. The van der Waals surface area contributed by atoms with Gasteiger partial charge in [0.25, 0.3) is 0 Å². The van der Waals surface area contributed by atoms with Gasteiger partial charge in [-0.25, -0.2) is 8.42 Å². The molecule has 1 aromatic carbocycles. The van der Waals surface area contributed by atoms with Gasteiger partial charge in [0.15, 0.2) is 0 Å².